The Kier molecular flexibility index (Phi) is 3.32. The number of para-hydroxylation sites is 1. The fourth-order valence-electron chi connectivity index (χ4n) is 4.55. The SMILES string of the molecule is C1C2CC3CC1CC(C2)C3.Cc1ccccc1O. The van der Waals surface area contributed by atoms with E-state index in [1.165, 1.54) is 23.7 Å². The van der Waals surface area contributed by atoms with Crippen LogP contribution in [0, 0.1) is 30.6 Å². The van der Waals surface area contributed by atoms with Crippen LogP contribution in [-0.2, 0) is 0 Å². The third kappa shape index (κ3) is 2.55. The molecule has 5 rings (SSSR count). The molecule has 1 heteroatoms. The van der Waals surface area contributed by atoms with Crippen molar-refractivity contribution in [2.75, 3.05) is 0 Å². The summed E-state index contributed by atoms with van der Waals surface area (Å²) in [5.74, 6) is 5.08. The summed E-state index contributed by atoms with van der Waals surface area (Å²) in [5.41, 5.74) is 0.924. The molecule has 4 aliphatic carbocycles. The number of rotatable bonds is 0. The monoisotopic (exact) mass is 244 g/mol. The minimum atomic E-state index is 0.368. The van der Waals surface area contributed by atoms with E-state index in [9.17, 15) is 0 Å². The van der Waals surface area contributed by atoms with Gasteiger partial charge in [-0.1, -0.05) is 18.2 Å². The highest BCUT2D eigenvalue weighted by Crippen LogP contribution is 2.53. The Morgan fingerprint density at radius 2 is 1.17 bits per heavy atom. The predicted molar refractivity (Wildman–Crippen MR) is 74.5 cm³/mol. The Hall–Kier alpha value is -0.980. The van der Waals surface area contributed by atoms with Gasteiger partial charge in [-0.2, -0.15) is 0 Å². The lowest BCUT2D eigenvalue weighted by Gasteiger charge is -2.49. The lowest BCUT2D eigenvalue weighted by molar-refractivity contribution is 0.0198. The maximum absolute atomic E-state index is 8.92. The summed E-state index contributed by atoms with van der Waals surface area (Å²) in [6.07, 6.45) is 9.62. The first-order valence-corrected chi connectivity index (χ1v) is 7.45. The smallest absolute Gasteiger partial charge is 0.118 e. The Labute approximate surface area is 110 Å². The first kappa shape index (κ1) is 12.1. The van der Waals surface area contributed by atoms with Crippen molar-refractivity contribution in [1.29, 1.82) is 0 Å². The molecule has 0 saturated heterocycles. The van der Waals surface area contributed by atoms with Crippen LogP contribution >= 0.6 is 0 Å². The molecule has 0 aromatic heterocycles. The molecular weight excluding hydrogens is 220 g/mol. The molecule has 0 heterocycles. The largest absolute Gasteiger partial charge is 0.508 e. The normalized spacial score (nSPS) is 36.1. The molecule has 4 bridgehead atoms. The summed E-state index contributed by atoms with van der Waals surface area (Å²) in [5, 5.41) is 8.92. The van der Waals surface area contributed by atoms with Gasteiger partial charge in [-0.15, -0.1) is 0 Å². The van der Waals surface area contributed by atoms with Gasteiger partial charge in [0.25, 0.3) is 0 Å². The fourth-order valence-corrected chi connectivity index (χ4v) is 4.55. The summed E-state index contributed by atoms with van der Waals surface area (Å²) < 4.78 is 0. The molecule has 0 atom stereocenters. The summed E-state index contributed by atoms with van der Waals surface area (Å²) >= 11 is 0. The Balaban J connectivity index is 0.000000115. The van der Waals surface area contributed by atoms with E-state index in [4.69, 9.17) is 5.11 Å². The predicted octanol–water partition coefficient (Wildman–Crippen LogP) is 4.53. The second-order valence-electron chi connectivity index (χ2n) is 6.66. The standard InChI is InChI=1S/C10H16.C7H8O/c1-7-2-9-4-8(1)5-10(3-7)6-9;1-6-4-2-3-5-7(6)8/h7-10H,1-6H2;2-5,8H,1H3. The molecule has 98 valence electrons. The lowest BCUT2D eigenvalue weighted by atomic mass is 9.56. The lowest BCUT2D eigenvalue weighted by Crippen LogP contribution is -2.38. The van der Waals surface area contributed by atoms with Crippen LogP contribution < -0.4 is 0 Å². The molecular formula is C17H24O. The van der Waals surface area contributed by atoms with Crippen molar-refractivity contribution in [3.63, 3.8) is 0 Å². The second kappa shape index (κ2) is 4.95. The van der Waals surface area contributed by atoms with E-state index in [1.54, 1.807) is 44.6 Å². The molecule has 4 saturated carbocycles. The maximum atomic E-state index is 8.92. The van der Waals surface area contributed by atoms with Crippen LogP contribution in [0.2, 0.25) is 0 Å². The molecule has 1 aromatic rings. The molecule has 0 radical (unpaired) electrons. The first-order chi connectivity index (χ1) is 8.70. The van der Waals surface area contributed by atoms with Gasteiger partial charge in [0.05, 0.1) is 0 Å². The third-order valence-electron chi connectivity index (χ3n) is 5.12. The van der Waals surface area contributed by atoms with E-state index >= 15 is 0 Å². The molecule has 0 spiro atoms. The van der Waals surface area contributed by atoms with E-state index in [0.717, 1.165) is 5.56 Å². The van der Waals surface area contributed by atoms with E-state index in [-0.39, 0.29) is 0 Å². The number of aryl methyl sites for hydroxylation is 1. The average molecular weight is 244 g/mol. The van der Waals surface area contributed by atoms with Gasteiger partial charge in [0.1, 0.15) is 5.75 Å². The average Bonchev–Trinajstić information content (AvgIpc) is 2.32. The number of aromatic hydroxyl groups is 1. The van der Waals surface area contributed by atoms with Gasteiger partial charge in [-0.05, 0) is 80.8 Å². The Morgan fingerprint density at radius 1 is 0.778 bits per heavy atom. The van der Waals surface area contributed by atoms with Crippen molar-refractivity contribution < 1.29 is 5.11 Å². The van der Waals surface area contributed by atoms with Gasteiger partial charge in [-0.3, -0.25) is 0 Å². The molecule has 1 nitrogen and oxygen atoms in total. The minimum absolute atomic E-state index is 0.368. The van der Waals surface area contributed by atoms with Gasteiger partial charge in [0.15, 0.2) is 0 Å². The van der Waals surface area contributed by atoms with Crippen LogP contribution in [0.15, 0.2) is 24.3 Å². The van der Waals surface area contributed by atoms with Gasteiger partial charge < -0.3 is 5.11 Å². The van der Waals surface area contributed by atoms with Crippen LogP contribution in [-0.4, -0.2) is 5.11 Å². The van der Waals surface area contributed by atoms with Crippen LogP contribution in [0.1, 0.15) is 44.1 Å². The summed E-state index contributed by atoms with van der Waals surface area (Å²) in [7, 11) is 0. The molecule has 0 aliphatic heterocycles. The summed E-state index contributed by atoms with van der Waals surface area (Å²) in [4.78, 5) is 0. The van der Waals surface area contributed by atoms with E-state index in [1.807, 2.05) is 25.1 Å². The molecule has 0 unspecified atom stereocenters. The molecule has 1 N–H and O–H groups in total. The van der Waals surface area contributed by atoms with Crippen molar-refractivity contribution in [3.8, 4) is 5.75 Å². The van der Waals surface area contributed by atoms with Crippen LogP contribution in [0.3, 0.4) is 0 Å². The highest BCUT2D eigenvalue weighted by Gasteiger charge is 2.41. The van der Waals surface area contributed by atoms with Crippen molar-refractivity contribution in [1.82, 2.24) is 0 Å². The zero-order valence-corrected chi connectivity index (χ0v) is 11.3. The Morgan fingerprint density at radius 3 is 1.44 bits per heavy atom. The topological polar surface area (TPSA) is 20.2 Å². The van der Waals surface area contributed by atoms with E-state index < -0.39 is 0 Å². The van der Waals surface area contributed by atoms with E-state index in [0.29, 0.717) is 5.75 Å². The minimum Gasteiger partial charge on any atom is -0.508 e. The van der Waals surface area contributed by atoms with Gasteiger partial charge in [0.2, 0.25) is 0 Å². The second-order valence-corrected chi connectivity index (χ2v) is 6.66. The number of hydrogen-bond donors (Lipinski definition) is 1. The number of phenols is 1. The van der Waals surface area contributed by atoms with Crippen LogP contribution in [0.5, 0.6) is 5.75 Å². The van der Waals surface area contributed by atoms with Crippen molar-refractivity contribution in [2.24, 2.45) is 23.7 Å². The van der Waals surface area contributed by atoms with Crippen LogP contribution in [0.4, 0.5) is 0 Å². The number of phenolic OH excluding ortho intramolecular Hbond substituents is 1. The molecule has 18 heavy (non-hydrogen) atoms. The van der Waals surface area contributed by atoms with Crippen LogP contribution in [0.25, 0.3) is 0 Å². The molecule has 4 aliphatic rings. The van der Waals surface area contributed by atoms with Gasteiger partial charge in [0, 0.05) is 0 Å². The Bertz CT molecular complexity index is 332. The van der Waals surface area contributed by atoms with Crippen molar-refractivity contribution in [2.45, 2.75) is 45.4 Å². The highest BCUT2D eigenvalue weighted by atomic mass is 16.3. The summed E-state index contributed by atoms with van der Waals surface area (Å²) in [6, 6.07) is 7.25. The van der Waals surface area contributed by atoms with E-state index in [2.05, 4.69) is 0 Å². The molecule has 0 amide bonds. The van der Waals surface area contributed by atoms with Gasteiger partial charge >= 0.3 is 0 Å². The molecule has 1 aromatic carbocycles. The maximum Gasteiger partial charge on any atom is 0.118 e. The summed E-state index contributed by atoms with van der Waals surface area (Å²) in [6.45, 7) is 1.87. The zero-order chi connectivity index (χ0) is 12.5. The van der Waals surface area contributed by atoms with Gasteiger partial charge in [-0.25, -0.2) is 0 Å². The fraction of sp³-hybridized carbons (Fsp3) is 0.647. The first-order valence-electron chi connectivity index (χ1n) is 7.45. The number of benzene rings is 1. The van der Waals surface area contributed by atoms with Crippen molar-refractivity contribution in [3.05, 3.63) is 29.8 Å². The quantitative estimate of drug-likeness (QED) is 0.710. The zero-order valence-electron chi connectivity index (χ0n) is 11.3. The third-order valence-corrected chi connectivity index (χ3v) is 5.12. The highest BCUT2D eigenvalue weighted by molar-refractivity contribution is 5.29. The van der Waals surface area contributed by atoms with Crippen molar-refractivity contribution >= 4 is 0 Å². The molecule has 4 fully saturated rings. The number of hydrogen-bond acceptors (Lipinski definition) is 1.